The molecule has 19 heavy (non-hydrogen) atoms. The zero-order valence-electron chi connectivity index (χ0n) is 11.9. The number of benzene rings is 1. The summed E-state index contributed by atoms with van der Waals surface area (Å²) in [6.45, 7) is 7.23. The Morgan fingerprint density at radius 3 is 2.79 bits per heavy atom. The van der Waals surface area contributed by atoms with E-state index in [2.05, 4.69) is 44.0 Å². The molecule has 4 heteroatoms. The Hall–Kier alpha value is -1.16. The van der Waals surface area contributed by atoms with Crippen LogP contribution in [0.25, 0.3) is 11.0 Å². The Balaban J connectivity index is 2.43. The van der Waals surface area contributed by atoms with Gasteiger partial charge in [-0.1, -0.05) is 6.92 Å². The zero-order chi connectivity index (χ0) is 13.8. The smallest absolute Gasteiger partial charge is 0.121 e. The van der Waals surface area contributed by atoms with Gasteiger partial charge in [-0.05, 0) is 38.2 Å². The molecule has 1 heterocycles. The van der Waals surface area contributed by atoms with Crippen LogP contribution in [-0.4, -0.2) is 21.9 Å². The maximum absolute atomic E-state index is 5.67. The number of hydrogen-bond donors (Lipinski definition) is 1. The number of aryl methyl sites for hydroxylation is 1. The van der Waals surface area contributed by atoms with Gasteiger partial charge in [-0.3, -0.25) is 0 Å². The topological polar surface area (TPSA) is 27.1 Å². The van der Waals surface area contributed by atoms with Crippen LogP contribution in [0, 0.1) is 0 Å². The number of fused-ring (bicyclic) bond motifs is 1. The van der Waals surface area contributed by atoms with Crippen molar-refractivity contribution in [2.24, 2.45) is 0 Å². The Morgan fingerprint density at radius 1 is 1.37 bits per heavy atom. The first kappa shape index (κ1) is 14.3. The van der Waals surface area contributed by atoms with Crippen molar-refractivity contribution in [3.63, 3.8) is 0 Å². The van der Waals surface area contributed by atoms with Gasteiger partial charge in [-0.2, -0.15) is 12.6 Å². The van der Waals surface area contributed by atoms with Crippen LogP contribution in [0.3, 0.4) is 0 Å². The molecular formula is C15H22N2OS. The summed E-state index contributed by atoms with van der Waals surface area (Å²) in [5, 5.41) is 0. The molecule has 0 amide bonds. The van der Waals surface area contributed by atoms with Gasteiger partial charge in [0.05, 0.1) is 17.6 Å². The molecule has 1 aromatic carbocycles. The minimum atomic E-state index is 0.405. The molecule has 0 aliphatic heterocycles. The molecular weight excluding hydrogens is 256 g/mol. The number of nitrogens with zero attached hydrogens (tertiary/aromatic N) is 2. The molecule has 0 saturated heterocycles. The van der Waals surface area contributed by atoms with Crippen molar-refractivity contribution in [2.75, 3.05) is 12.4 Å². The summed E-state index contributed by atoms with van der Waals surface area (Å²) < 4.78 is 7.96. The Labute approximate surface area is 120 Å². The van der Waals surface area contributed by atoms with Crippen LogP contribution < -0.4 is 4.74 Å². The summed E-state index contributed by atoms with van der Waals surface area (Å²) in [5.74, 6) is 2.82. The number of ether oxygens (including phenoxy) is 1. The van der Waals surface area contributed by atoms with E-state index in [1.165, 1.54) is 5.52 Å². The molecule has 2 aromatic rings. The van der Waals surface area contributed by atoms with Gasteiger partial charge in [0, 0.05) is 18.5 Å². The average molecular weight is 278 g/mol. The predicted molar refractivity (Wildman–Crippen MR) is 83.5 cm³/mol. The highest BCUT2D eigenvalue weighted by Crippen LogP contribution is 2.25. The molecule has 0 atom stereocenters. The first-order valence-corrected chi connectivity index (χ1v) is 7.55. The van der Waals surface area contributed by atoms with Crippen LogP contribution in [0.2, 0.25) is 0 Å². The van der Waals surface area contributed by atoms with E-state index in [0.29, 0.717) is 6.04 Å². The number of hydrogen-bond acceptors (Lipinski definition) is 3. The van der Waals surface area contributed by atoms with Crippen molar-refractivity contribution >= 4 is 23.7 Å². The minimum absolute atomic E-state index is 0.405. The number of imidazole rings is 1. The standard InChI is InChI=1S/C15H22N2OS/c1-4-8-18-12-5-6-14-13(10-12)16-15(7-9-19)17(14)11(2)3/h5-6,10-11,19H,4,7-9H2,1-3H3. The number of thiol groups is 1. The predicted octanol–water partition coefficient (Wildman–Crippen LogP) is 3.88. The maximum Gasteiger partial charge on any atom is 0.121 e. The molecule has 0 aliphatic rings. The summed E-state index contributed by atoms with van der Waals surface area (Å²) in [5.41, 5.74) is 2.19. The van der Waals surface area contributed by atoms with Gasteiger partial charge in [0.15, 0.2) is 0 Å². The van der Waals surface area contributed by atoms with E-state index in [4.69, 9.17) is 9.72 Å². The lowest BCUT2D eigenvalue weighted by Gasteiger charge is -2.12. The van der Waals surface area contributed by atoms with Gasteiger partial charge < -0.3 is 9.30 Å². The highest BCUT2D eigenvalue weighted by Gasteiger charge is 2.13. The lowest BCUT2D eigenvalue weighted by molar-refractivity contribution is 0.318. The lowest BCUT2D eigenvalue weighted by Crippen LogP contribution is -2.06. The van der Waals surface area contributed by atoms with Crippen LogP contribution in [0.15, 0.2) is 18.2 Å². The van der Waals surface area contributed by atoms with Gasteiger partial charge in [-0.25, -0.2) is 4.98 Å². The molecule has 0 aliphatic carbocycles. The fraction of sp³-hybridized carbons (Fsp3) is 0.533. The first-order valence-electron chi connectivity index (χ1n) is 6.92. The third-order valence-corrected chi connectivity index (χ3v) is 3.28. The van der Waals surface area contributed by atoms with E-state index in [1.54, 1.807) is 0 Å². The molecule has 104 valence electrons. The van der Waals surface area contributed by atoms with Crippen LogP contribution >= 0.6 is 12.6 Å². The van der Waals surface area contributed by atoms with E-state index in [1.807, 2.05) is 12.1 Å². The zero-order valence-corrected chi connectivity index (χ0v) is 12.8. The van der Waals surface area contributed by atoms with Crippen LogP contribution in [0.4, 0.5) is 0 Å². The highest BCUT2D eigenvalue weighted by molar-refractivity contribution is 7.80. The molecule has 0 fully saturated rings. The van der Waals surface area contributed by atoms with Crippen molar-refractivity contribution in [1.82, 2.24) is 9.55 Å². The molecule has 0 N–H and O–H groups in total. The van der Waals surface area contributed by atoms with Crippen LogP contribution in [0.5, 0.6) is 5.75 Å². The van der Waals surface area contributed by atoms with Crippen molar-refractivity contribution in [1.29, 1.82) is 0 Å². The molecule has 0 radical (unpaired) electrons. The quantitative estimate of drug-likeness (QED) is 0.812. The summed E-state index contributed by atoms with van der Waals surface area (Å²) >= 11 is 4.32. The number of rotatable bonds is 6. The maximum atomic E-state index is 5.67. The van der Waals surface area contributed by atoms with Gasteiger partial charge in [0.2, 0.25) is 0 Å². The molecule has 0 unspecified atom stereocenters. The van der Waals surface area contributed by atoms with Crippen molar-refractivity contribution in [3.8, 4) is 5.75 Å². The van der Waals surface area contributed by atoms with E-state index in [9.17, 15) is 0 Å². The van der Waals surface area contributed by atoms with E-state index >= 15 is 0 Å². The summed E-state index contributed by atoms with van der Waals surface area (Å²) in [4.78, 5) is 4.73. The van der Waals surface area contributed by atoms with Gasteiger partial charge >= 0.3 is 0 Å². The van der Waals surface area contributed by atoms with Gasteiger partial charge in [0.1, 0.15) is 11.6 Å². The Morgan fingerprint density at radius 2 is 2.16 bits per heavy atom. The second-order valence-electron chi connectivity index (χ2n) is 4.96. The second-order valence-corrected chi connectivity index (χ2v) is 5.41. The molecule has 3 nitrogen and oxygen atoms in total. The summed E-state index contributed by atoms with van der Waals surface area (Å²) in [7, 11) is 0. The normalized spacial score (nSPS) is 11.4. The first-order chi connectivity index (χ1) is 9.17. The molecule has 2 rings (SSSR count). The highest BCUT2D eigenvalue weighted by atomic mass is 32.1. The third kappa shape index (κ3) is 3.06. The second kappa shape index (κ2) is 6.33. The van der Waals surface area contributed by atoms with Crippen LogP contribution in [-0.2, 0) is 6.42 Å². The lowest BCUT2D eigenvalue weighted by atomic mass is 10.2. The summed E-state index contributed by atoms with van der Waals surface area (Å²) in [6, 6.07) is 6.58. The fourth-order valence-corrected chi connectivity index (χ4v) is 2.49. The monoisotopic (exact) mass is 278 g/mol. The molecule has 1 aromatic heterocycles. The number of aromatic nitrogens is 2. The van der Waals surface area contributed by atoms with E-state index in [0.717, 1.165) is 42.3 Å². The molecule has 0 spiro atoms. The van der Waals surface area contributed by atoms with Crippen molar-refractivity contribution in [2.45, 2.75) is 39.7 Å². The van der Waals surface area contributed by atoms with Crippen molar-refractivity contribution < 1.29 is 4.74 Å². The largest absolute Gasteiger partial charge is 0.494 e. The SMILES string of the molecule is CCCOc1ccc2c(c1)nc(CCS)n2C(C)C. The van der Waals surface area contributed by atoms with Crippen molar-refractivity contribution in [3.05, 3.63) is 24.0 Å². The van der Waals surface area contributed by atoms with E-state index in [-0.39, 0.29) is 0 Å². The fourth-order valence-electron chi connectivity index (χ4n) is 2.29. The van der Waals surface area contributed by atoms with Crippen LogP contribution in [0.1, 0.15) is 39.1 Å². The third-order valence-electron chi connectivity index (χ3n) is 3.06. The van der Waals surface area contributed by atoms with Gasteiger partial charge in [-0.15, -0.1) is 0 Å². The van der Waals surface area contributed by atoms with E-state index < -0.39 is 0 Å². The minimum Gasteiger partial charge on any atom is -0.494 e. The average Bonchev–Trinajstić information content (AvgIpc) is 2.74. The summed E-state index contributed by atoms with van der Waals surface area (Å²) in [6.07, 6.45) is 1.91. The molecule has 0 bridgehead atoms. The molecule has 0 saturated carbocycles. The Kier molecular flexibility index (Phi) is 4.75. The van der Waals surface area contributed by atoms with Gasteiger partial charge in [0.25, 0.3) is 0 Å². The Bertz CT molecular complexity index is 548.